The van der Waals surface area contributed by atoms with Crippen LogP contribution >= 0.6 is 23.2 Å². The minimum absolute atomic E-state index is 0.157. The quantitative estimate of drug-likeness (QED) is 0.423. The summed E-state index contributed by atoms with van der Waals surface area (Å²) >= 11 is 10.9. The van der Waals surface area contributed by atoms with Crippen LogP contribution in [0.5, 0.6) is 5.75 Å². The summed E-state index contributed by atoms with van der Waals surface area (Å²) < 4.78 is 0. The van der Waals surface area contributed by atoms with Gasteiger partial charge in [0.25, 0.3) is 0 Å². The SMILES string of the molecule is O=C(CCc1ccc(O)cc1)N/N=C\C(Cl)=C(\Cl)C(=O)O. The molecule has 8 heteroatoms. The van der Waals surface area contributed by atoms with Gasteiger partial charge in [-0.3, -0.25) is 4.79 Å². The van der Waals surface area contributed by atoms with Gasteiger partial charge in [-0.2, -0.15) is 5.10 Å². The number of phenolic OH excluding ortho intramolecular Hbond substituents is 1. The van der Waals surface area contributed by atoms with E-state index in [1.165, 1.54) is 12.1 Å². The Morgan fingerprint density at radius 3 is 2.43 bits per heavy atom. The third kappa shape index (κ3) is 6.29. The van der Waals surface area contributed by atoms with Gasteiger partial charge in [0, 0.05) is 6.42 Å². The molecule has 0 atom stereocenters. The summed E-state index contributed by atoms with van der Waals surface area (Å²) in [5.41, 5.74) is 3.09. The largest absolute Gasteiger partial charge is 0.508 e. The van der Waals surface area contributed by atoms with Gasteiger partial charge in [0.05, 0.1) is 11.2 Å². The number of hydrazone groups is 1. The number of carbonyl (C=O) groups is 2. The fraction of sp³-hybridized carbons (Fsp3) is 0.154. The highest BCUT2D eigenvalue weighted by Crippen LogP contribution is 2.12. The first-order chi connectivity index (χ1) is 9.90. The molecular weight excluding hydrogens is 319 g/mol. The number of allylic oxidation sites excluding steroid dienone is 1. The number of aliphatic carboxylic acids is 1. The van der Waals surface area contributed by atoms with Crippen molar-refractivity contribution in [1.29, 1.82) is 0 Å². The molecule has 21 heavy (non-hydrogen) atoms. The lowest BCUT2D eigenvalue weighted by atomic mass is 10.1. The van der Waals surface area contributed by atoms with Crippen LogP contribution in [0.2, 0.25) is 0 Å². The van der Waals surface area contributed by atoms with Gasteiger partial charge in [0.15, 0.2) is 0 Å². The maximum atomic E-state index is 11.5. The second-order valence-corrected chi connectivity index (χ2v) is 4.71. The highest BCUT2D eigenvalue weighted by molar-refractivity contribution is 6.51. The number of benzene rings is 1. The number of hydrogen-bond acceptors (Lipinski definition) is 4. The second-order valence-electron chi connectivity index (χ2n) is 3.93. The Balaban J connectivity index is 2.43. The molecule has 0 heterocycles. The topological polar surface area (TPSA) is 99.0 Å². The number of hydrogen-bond donors (Lipinski definition) is 3. The van der Waals surface area contributed by atoms with Gasteiger partial charge < -0.3 is 10.2 Å². The first kappa shape index (κ1) is 17.0. The van der Waals surface area contributed by atoms with Crippen LogP contribution in [0.4, 0.5) is 0 Å². The molecule has 0 aliphatic rings. The number of rotatable bonds is 6. The molecule has 0 fully saturated rings. The van der Waals surface area contributed by atoms with Crippen molar-refractivity contribution in [3.05, 3.63) is 39.9 Å². The van der Waals surface area contributed by atoms with Crippen molar-refractivity contribution in [3.63, 3.8) is 0 Å². The van der Waals surface area contributed by atoms with Crippen molar-refractivity contribution in [2.75, 3.05) is 0 Å². The third-order valence-corrected chi connectivity index (χ3v) is 3.09. The molecule has 1 aromatic rings. The Bertz CT molecular complexity index is 582. The predicted molar refractivity (Wildman–Crippen MR) is 79.4 cm³/mol. The fourth-order valence-electron chi connectivity index (χ4n) is 1.30. The monoisotopic (exact) mass is 330 g/mol. The summed E-state index contributed by atoms with van der Waals surface area (Å²) in [7, 11) is 0. The predicted octanol–water partition coefficient (Wildman–Crippen LogP) is 2.20. The molecule has 0 aliphatic carbocycles. The Hall–Kier alpha value is -2.05. The van der Waals surface area contributed by atoms with Crippen LogP contribution in [0.1, 0.15) is 12.0 Å². The smallest absolute Gasteiger partial charge is 0.348 e. The molecule has 0 spiro atoms. The first-order valence-electron chi connectivity index (χ1n) is 5.78. The molecule has 0 saturated heterocycles. The Morgan fingerprint density at radius 2 is 1.86 bits per heavy atom. The minimum atomic E-state index is -1.38. The van der Waals surface area contributed by atoms with E-state index >= 15 is 0 Å². The van der Waals surface area contributed by atoms with Crippen molar-refractivity contribution >= 4 is 41.3 Å². The molecule has 1 aromatic carbocycles. The number of carboxylic acid groups (broad SMARTS) is 1. The number of aryl methyl sites for hydroxylation is 1. The van der Waals surface area contributed by atoms with Crippen LogP contribution in [-0.2, 0) is 16.0 Å². The van der Waals surface area contributed by atoms with Crippen LogP contribution in [0.15, 0.2) is 39.4 Å². The lowest BCUT2D eigenvalue weighted by Gasteiger charge is -2.01. The average molecular weight is 331 g/mol. The summed E-state index contributed by atoms with van der Waals surface area (Å²) in [5, 5.41) is 20.3. The number of carboxylic acids is 1. The van der Waals surface area contributed by atoms with E-state index in [9.17, 15) is 9.59 Å². The van der Waals surface area contributed by atoms with Gasteiger partial charge in [0.2, 0.25) is 5.91 Å². The van der Waals surface area contributed by atoms with E-state index in [1.807, 2.05) is 0 Å². The third-order valence-electron chi connectivity index (χ3n) is 2.34. The number of nitrogens with one attached hydrogen (secondary N) is 1. The van der Waals surface area contributed by atoms with Gasteiger partial charge in [-0.15, -0.1) is 0 Å². The zero-order valence-corrected chi connectivity index (χ0v) is 12.2. The molecule has 1 rings (SSSR count). The van der Waals surface area contributed by atoms with Crippen molar-refractivity contribution < 1.29 is 19.8 Å². The number of amides is 1. The van der Waals surface area contributed by atoms with E-state index in [0.717, 1.165) is 11.8 Å². The highest BCUT2D eigenvalue weighted by atomic mass is 35.5. The number of phenols is 1. The Kier molecular flexibility index (Phi) is 6.71. The van der Waals surface area contributed by atoms with E-state index in [0.29, 0.717) is 6.42 Å². The van der Waals surface area contributed by atoms with Crippen LogP contribution in [-0.4, -0.2) is 28.3 Å². The van der Waals surface area contributed by atoms with Gasteiger partial charge in [-0.1, -0.05) is 35.3 Å². The minimum Gasteiger partial charge on any atom is -0.508 e. The lowest BCUT2D eigenvalue weighted by Crippen LogP contribution is -2.17. The van der Waals surface area contributed by atoms with Gasteiger partial charge >= 0.3 is 5.97 Å². The van der Waals surface area contributed by atoms with Crippen LogP contribution in [0.25, 0.3) is 0 Å². The number of halogens is 2. The van der Waals surface area contributed by atoms with Crippen molar-refractivity contribution in [2.45, 2.75) is 12.8 Å². The first-order valence-corrected chi connectivity index (χ1v) is 6.54. The summed E-state index contributed by atoms with van der Waals surface area (Å²) in [6.07, 6.45) is 1.59. The molecule has 0 aliphatic heterocycles. The van der Waals surface area contributed by atoms with Crippen molar-refractivity contribution in [3.8, 4) is 5.75 Å². The zero-order valence-electron chi connectivity index (χ0n) is 10.7. The van der Waals surface area contributed by atoms with Gasteiger partial charge in [-0.05, 0) is 24.1 Å². The normalized spacial score (nSPS) is 12.1. The maximum absolute atomic E-state index is 11.5. The van der Waals surface area contributed by atoms with Crippen LogP contribution in [0.3, 0.4) is 0 Å². The molecular formula is C13H12Cl2N2O4. The van der Waals surface area contributed by atoms with Gasteiger partial charge in [-0.25, -0.2) is 10.2 Å². The summed E-state index contributed by atoms with van der Waals surface area (Å²) in [6, 6.07) is 6.48. The number of nitrogens with zero attached hydrogens (tertiary/aromatic N) is 1. The van der Waals surface area contributed by atoms with E-state index in [2.05, 4.69) is 10.5 Å². The summed E-state index contributed by atoms with van der Waals surface area (Å²) in [6.45, 7) is 0. The van der Waals surface area contributed by atoms with Crippen molar-refractivity contribution in [2.24, 2.45) is 5.10 Å². The molecule has 0 bridgehead atoms. The molecule has 0 aromatic heterocycles. The second kappa shape index (κ2) is 8.28. The molecule has 1 amide bonds. The standard InChI is InChI=1S/C13H12Cl2N2O4/c14-10(12(15)13(20)21)7-16-17-11(19)6-3-8-1-4-9(18)5-2-8/h1-2,4-5,7,18H,3,6H2,(H,17,19)(H,20,21)/b12-10-,16-7-. The average Bonchev–Trinajstić information content (AvgIpc) is 2.45. The maximum Gasteiger partial charge on any atom is 0.348 e. The molecule has 112 valence electrons. The molecule has 3 N–H and O–H groups in total. The van der Waals surface area contributed by atoms with Crippen LogP contribution < -0.4 is 5.43 Å². The van der Waals surface area contributed by atoms with E-state index in [4.69, 9.17) is 33.4 Å². The van der Waals surface area contributed by atoms with E-state index in [1.54, 1.807) is 12.1 Å². The summed E-state index contributed by atoms with van der Waals surface area (Å²) in [4.78, 5) is 22.0. The molecule has 0 radical (unpaired) electrons. The Morgan fingerprint density at radius 1 is 1.24 bits per heavy atom. The van der Waals surface area contributed by atoms with Gasteiger partial charge in [0.1, 0.15) is 10.8 Å². The van der Waals surface area contributed by atoms with Crippen LogP contribution in [0, 0.1) is 0 Å². The van der Waals surface area contributed by atoms with E-state index in [-0.39, 0.29) is 23.1 Å². The molecule has 6 nitrogen and oxygen atoms in total. The zero-order chi connectivity index (χ0) is 15.8. The van der Waals surface area contributed by atoms with E-state index < -0.39 is 11.0 Å². The highest BCUT2D eigenvalue weighted by Gasteiger charge is 2.08. The fourth-order valence-corrected chi connectivity index (χ4v) is 1.47. The Labute approximate surface area is 130 Å². The van der Waals surface area contributed by atoms with Crippen molar-refractivity contribution in [1.82, 2.24) is 5.43 Å². The lowest BCUT2D eigenvalue weighted by molar-refractivity contribution is -0.131. The number of carbonyl (C=O) groups excluding carboxylic acids is 1. The summed E-state index contributed by atoms with van der Waals surface area (Å²) in [5.74, 6) is -1.59. The number of aromatic hydroxyl groups is 1. The molecule has 0 saturated carbocycles. The molecule has 0 unspecified atom stereocenters.